The fourth-order valence-electron chi connectivity index (χ4n) is 2.60. The Hall–Kier alpha value is -3.07. The van der Waals surface area contributed by atoms with Crippen molar-refractivity contribution in [3.05, 3.63) is 58.8 Å². The van der Waals surface area contributed by atoms with Crippen LogP contribution in [-0.2, 0) is 17.6 Å². The molecule has 2 N–H and O–H groups in total. The summed E-state index contributed by atoms with van der Waals surface area (Å²) in [7, 11) is 0. The molecule has 0 saturated carbocycles. The van der Waals surface area contributed by atoms with Gasteiger partial charge in [0.2, 0.25) is 11.8 Å². The predicted octanol–water partition coefficient (Wildman–Crippen LogP) is 3.67. The lowest BCUT2D eigenvalue weighted by Crippen LogP contribution is -2.41. The van der Waals surface area contributed by atoms with Crippen LogP contribution < -0.4 is 10.9 Å². The third-order valence-electron chi connectivity index (χ3n) is 4.05. The molecule has 0 aliphatic heterocycles. The molecule has 3 aromatic rings. The van der Waals surface area contributed by atoms with Crippen molar-refractivity contribution in [2.45, 2.75) is 39.0 Å². The number of nitrogens with zero attached hydrogens (tertiary/aromatic N) is 2. The number of amides is 2. The second kappa shape index (κ2) is 9.92. The zero-order valence-corrected chi connectivity index (χ0v) is 16.7. The first-order valence-corrected chi connectivity index (χ1v) is 10.1. The van der Waals surface area contributed by atoms with E-state index in [1.807, 2.05) is 6.92 Å². The van der Waals surface area contributed by atoms with Crippen molar-refractivity contribution < 1.29 is 18.5 Å². The predicted molar refractivity (Wildman–Crippen MR) is 107 cm³/mol. The van der Waals surface area contributed by atoms with Crippen LogP contribution in [0, 0.1) is 5.82 Å². The standard InChI is InChI=1S/C20H21FN4O3S/c1-2-4-17-22-19(28-25-17)6-3-5-18(26)23-24-20(27)16-12-11-15(29-16)13-7-9-14(21)10-8-13/h7-12H,2-6H2,1H3,(H,23,26)(H,24,27). The molecular weight excluding hydrogens is 395 g/mol. The van der Waals surface area contributed by atoms with Crippen LogP contribution >= 0.6 is 11.3 Å². The number of hydrazine groups is 1. The molecule has 0 saturated heterocycles. The zero-order valence-electron chi connectivity index (χ0n) is 15.9. The lowest BCUT2D eigenvalue weighted by atomic mass is 10.2. The molecule has 0 bridgehead atoms. The second-order valence-corrected chi connectivity index (χ2v) is 7.46. The summed E-state index contributed by atoms with van der Waals surface area (Å²) in [4.78, 5) is 29.6. The van der Waals surface area contributed by atoms with Gasteiger partial charge >= 0.3 is 0 Å². The Morgan fingerprint density at radius 3 is 2.66 bits per heavy atom. The summed E-state index contributed by atoms with van der Waals surface area (Å²) in [6.07, 6.45) is 2.96. The van der Waals surface area contributed by atoms with E-state index in [9.17, 15) is 14.0 Å². The van der Waals surface area contributed by atoms with Crippen LogP contribution in [0.3, 0.4) is 0 Å². The highest BCUT2D eigenvalue weighted by atomic mass is 32.1. The summed E-state index contributed by atoms with van der Waals surface area (Å²) < 4.78 is 18.1. The van der Waals surface area contributed by atoms with Crippen LogP contribution in [0.5, 0.6) is 0 Å². The van der Waals surface area contributed by atoms with Crippen LogP contribution in [0.1, 0.15) is 47.6 Å². The van der Waals surface area contributed by atoms with Crippen LogP contribution in [0.2, 0.25) is 0 Å². The van der Waals surface area contributed by atoms with Crippen LogP contribution in [0.4, 0.5) is 4.39 Å². The highest BCUT2D eigenvalue weighted by Gasteiger charge is 2.12. The molecule has 9 heteroatoms. The summed E-state index contributed by atoms with van der Waals surface area (Å²) in [5.41, 5.74) is 5.63. The third-order valence-corrected chi connectivity index (χ3v) is 5.19. The van der Waals surface area contributed by atoms with Gasteiger partial charge in [-0.2, -0.15) is 4.98 Å². The van der Waals surface area contributed by atoms with Crippen LogP contribution in [-0.4, -0.2) is 22.0 Å². The Morgan fingerprint density at radius 1 is 1.10 bits per heavy atom. The second-order valence-electron chi connectivity index (χ2n) is 6.38. The number of carbonyl (C=O) groups is 2. The van der Waals surface area contributed by atoms with Gasteiger partial charge in [0.1, 0.15) is 5.82 Å². The van der Waals surface area contributed by atoms with Crippen molar-refractivity contribution in [1.29, 1.82) is 0 Å². The van der Waals surface area contributed by atoms with Gasteiger partial charge in [-0.1, -0.05) is 24.2 Å². The summed E-state index contributed by atoms with van der Waals surface area (Å²) in [5.74, 6) is 0.165. The van der Waals surface area contributed by atoms with Crippen LogP contribution in [0.25, 0.3) is 10.4 Å². The molecule has 0 unspecified atom stereocenters. The normalized spacial score (nSPS) is 10.7. The molecule has 0 aliphatic rings. The number of aryl methyl sites for hydroxylation is 2. The molecule has 0 atom stereocenters. The number of nitrogens with one attached hydrogen (secondary N) is 2. The number of carbonyl (C=O) groups excluding carboxylic acids is 2. The van der Waals surface area contributed by atoms with Crippen molar-refractivity contribution in [3.8, 4) is 10.4 Å². The van der Waals surface area contributed by atoms with Crippen molar-refractivity contribution in [1.82, 2.24) is 21.0 Å². The molecule has 2 aromatic heterocycles. The number of benzene rings is 1. The van der Waals surface area contributed by atoms with Crippen molar-refractivity contribution >= 4 is 23.2 Å². The minimum Gasteiger partial charge on any atom is -0.339 e. The topological polar surface area (TPSA) is 97.1 Å². The Kier molecular flexibility index (Phi) is 7.07. The highest BCUT2D eigenvalue weighted by Crippen LogP contribution is 2.28. The molecule has 0 aliphatic carbocycles. The molecule has 0 radical (unpaired) electrons. The van der Waals surface area contributed by atoms with E-state index >= 15 is 0 Å². The maximum Gasteiger partial charge on any atom is 0.279 e. The maximum atomic E-state index is 13.0. The molecule has 152 valence electrons. The number of hydrogen-bond donors (Lipinski definition) is 2. The number of rotatable bonds is 8. The first-order chi connectivity index (χ1) is 14.0. The van der Waals surface area contributed by atoms with Gasteiger partial charge in [0, 0.05) is 24.1 Å². The Bertz CT molecular complexity index is 968. The van der Waals surface area contributed by atoms with Crippen molar-refractivity contribution in [3.63, 3.8) is 0 Å². The minimum atomic E-state index is -0.405. The third kappa shape index (κ3) is 5.95. The number of aromatic nitrogens is 2. The Balaban J connectivity index is 1.41. The van der Waals surface area contributed by atoms with E-state index in [-0.39, 0.29) is 18.1 Å². The van der Waals surface area contributed by atoms with Gasteiger partial charge in [0.15, 0.2) is 5.82 Å². The van der Waals surface area contributed by atoms with Gasteiger partial charge in [-0.25, -0.2) is 4.39 Å². The molecule has 0 spiro atoms. The molecule has 2 amide bonds. The van der Waals surface area contributed by atoms with E-state index < -0.39 is 5.91 Å². The van der Waals surface area contributed by atoms with Gasteiger partial charge in [-0.3, -0.25) is 20.4 Å². The minimum absolute atomic E-state index is 0.219. The van der Waals surface area contributed by atoms with Gasteiger partial charge < -0.3 is 4.52 Å². The fraction of sp³-hybridized carbons (Fsp3) is 0.300. The zero-order chi connectivity index (χ0) is 20.6. The van der Waals surface area contributed by atoms with E-state index in [2.05, 4.69) is 21.0 Å². The summed E-state index contributed by atoms with van der Waals surface area (Å²) in [6.45, 7) is 2.04. The van der Waals surface area contributed by atoms with E-state index in [1.54, 1.807) is 24.3 Å². The summed E-state index contributed by atoms with van der Waals surface area (Å²) >= 11 is 1.26. The van der Waals surface area contributed by atoms with E-state index in [0.717, 1.165) is 23.3 Å². The summed E-state index contributed by atoms with van der Waals surface area (Å²) in [6, 6.07) is 9.49. The number of hydrogen-bond acceptors (Lipinski definition) is 6. The molecule has 7 nitrogen and oxygen atoms in total. The quantitative estimate of drug-likeness (QED) is 0.546. The highest BCUT2D eigenvalue weighted by molar-refractivity contribution is 7.17. The fourth-order valence-corrected chi connectivity index (χ4v) is 3.50. The van der Waals surface area contributed by atoms with Crippen molar-refractivity contribution in [2.75, 3.05) is 0 Å². The smallest absolute Gasteiger partial charge is 0.279 e. The SMILES string of the molecule is CCCc1noc(CCCC(=O)NNC(=O)c2ccc(-c3ccc(F)cc3)s2)n1. The van der Waals surface area contributed by atoms with Gasteiger partial charge in [0.05, 0.1) is 4.88 Å². The molecule has 29 heavy (non-hydrogen) atoms. The first kappa shape index (κ1) is 20.7. The van der Waals surface area contributed by atoms with E-state index in [4.69, 9.17) is 4.52 Å². The average Bonchev–Trinajstić information content (AvgIpc) is 3.37. The molecule has 3 rings (SSSR count). The maximum absolute atomic E-state index is 13.0. The monoisotopic (exact) mass is 416 g/mol. The summed E-state index contributed by atoms with van der Waals surface area (Å²) in [5, 5.41) is 3.86. The lowest BCUT2D eigenvalue weighted by Gasteiger charge is -2.05. The molecule has 0 fully saturated rings. The lowest BCUT2D eigenvalue weighted by molar-refractivity contribution is -0.121. The molecule has 1 aromatic carbocycles. The Morgan fingerprint density at radius 2 is 1.90 bits per heavy atom. The molecular formula is C20H21FN4O3S. The van der Waals surface area contributed by atoms with Gasteiger partial charge in [0.25, 0.3) is 5.91 Å². The number of thiophene rings is 1. The van der Waals surface area contributed by atoms with E-state index in [0.29, 0.717) is 29.4 Å². The van der Waals surface area contributed by atoms with Gasteiger partial charge in [-0.05, 0) is 42.7 Å². The number of halogens is 1. The molecule has 2 heterocycles. The van der Waals surface area contributed by atoms with Crippen molar-refractivity contribution in [2.24, 2.45) is 0 Å². The Labute approximate surface area is 171 Å². The van der Waals surface area contributed by atoms with Gasteiger partial charge in [-0.15, -0.1) is 11.3 Å². The first-order valence-electron chi connectivity index (χ1n) is 9.31. The average molecular weight is 416 g/mol. The largest absolute Gasteiger partial charge is 0.339 e. The van der Waals surface area contributed by atoms with E-state index in [1.165, 1.54) is 23.5 Å². The van der Waals surface area contributed by atoms with Crippen LogP contribution in [0.15, 0.2) is 40.9 Å².